The number of hydrogen-bond donors (Lipinski definition) is 1. The van der Waals surface area contributed by atoms with E-state index in [1.165, 1.54) is 0 Å². The maximum atomic E-state index is 11.9. The molecule has 0 bridgehead atoms. The summed E-state index contributed by atoms with van der Waals surface area (Å²) in [7, 11) is 3.98. The van der Waals surface area contributed by atoms with Crippen LogP contribution in [0.2, 0.25) is 0 Å². The van der Waals surface area contributed by atoms with Crippen molar-refractivity contribution in [2.75, 3.05) is 19.0 Å². The first-order chi connectivity index (χ1) is 12.0. The van der Waals surface area contributed by atoms with Crippen LogP contribution in [0, 0.1) is 6.92 Å². The molecule has 0 amide bonds. The van der Waals surface area contributed by atoms with Gasteiger partial charge in [-0.25, -0.2) is 0 Å². The Hall–Kier alpha value is -2.78. The van der Waals surface area contributed by atoms with Crippen molar-refractivity contribution < 1.29 is 9.84 Å². The minimum Gasteiger partial charge on any atom is -0.456 e. The number of aryl methyl sites for hydroxylation is 1. The molecular formula is C22H21NO2. The third-order valence-electron chi connectivity index (χ3n) is 4.81. The average Bonchev–Trinajstić information content (AvgIpc) is 2.61. The molecular weight excluding hydrogens is 310 g/mol. The van der Waals surface area contributed by atoms with Crippen LogP contribution in [0.1, 0.15) is 22.3 Å². The second kappa shape index (κ2) is 5.64. The molecule has 1 aliphatic heterocycles. The van der Waals surface area contributed by atoms with Crippen molar-refractivity contribution in [3.8, 4) is 11.5 Å². The Bertz CT molecular complexity index is 934. The molecule has 3 aromatic rings. The zero-order valence-electron chi connectivity index (χ0n) is 14.7. The van der Waals surface area contributed by atoms with Gasteiger partial charge in [0.05, 0.1) is 0 Å². The van der Waals surface area contributed by atoms with Gasteiger partial charge in [-0.3, -0.25) is 0 Å². The van der Waals surface area contributed by atoms with Gasteiger partial charge < -0.3 is 14.7 Å². The van der Waals surface area contributed by atoms with Gasteiger partial charge in [0.15, 0.2) is 0 Å². The van der Waals surface area contributed by atoms with Crippen LogP contribution in [-0.2, 0) is 5.60 Å². The summed E-state index contributed by atoms with van der Waals surface area (Å²) >= 11 is 0. The average molecular weight is 331 g/mol. The molecule has 0 aliphatic carbocycles. The topological polar surface area (TPSA) is 32.7 Å². The Labute approximate surface area is 148 Å². The lowest BCUT2D eigenvalue weighted by atomic mass is 9.78. The highest BCUT2D eigenvalue weighted by Crippen LogP contribution is 2.50. The van der Waals surface area contributed by atoms with E-state index in [0.29, 0.717) is 11.5 Å². The van der Waals surface area contributed by atoms with Crippen LogP contribution in [-0.4, -0.2) is 19.2 Å². The molecule has 3 nitrogen and oxygen atoms in total. The number of nitrogens with zero attached hydrogens (tertiary/aromatic N) is 1. The molecule has 0 radical (unpaired) electrons. The molecule has 1 atom stereocenters. The molecule has 0 saturated heterocycles. The van der Waals surface area contributed by atoms with E-state index in [1.807, 2.05) is 92.6 Å². The second-order valence-corrected chi connectivity index (χ2v) is 6.75. The van der Waals surface area contributed by atoms with Crippen LogP contribution < -0.4 is 9.64 Å². The van der Waals surface area contributed by atoms with Crippen molar-refractivity contribution in [1.82, 2.24) is 0 Å². The van der Waals surface area contributed by atoms with Crippen molar-refractivity contribution in [2.24, 2.45) is 0 Å². The van der Waals surface area contributed by atoms with E-state index >= 15 is 0 Å². The SMILES string of the molecule is Cc1ccc2c(c1)Oc1cc(N(C)C)ccc1C2(O)c1ccccc1. The van der Waals surface area contributed by atoms with Gasteiger partial charge >= 0.3 is 0 Å². The van der Waals surface area contributed by atoms with Crippen LogP contribution in [0.4, 0.5) is 5.69 Å². The Morgan fingerprint density at radius 3 is 2.16 bits per heavy atom. The summed E-state index contributed by atoms with van der Waals surface area (Å²) in [5.41, 5.74) is 3.27. The predicted octanol–water partition coefficient (Wildman–Crippen LogP) is 4.45. The van der Waals surface area contributed by atoms with Crippen molar-refractivity contribution in [1.29, 1.82) is 0 Å². The largest absolute Gasteiger partial charge is 0.456 e. The Kier molecular flexibility index (Phi) is 3.55. The predicted molar refractivity (Wildman–Crippen MR) is 101 cm³/mol. The minimum absolute atomic E-state index is 0.690. The molecule has 0 spiro atoms. The van der Waals surface area contributed by atoms with Crippen LogP contribution in [0.3, 0.4) is 0 Å². The molecule has 0 aromatic heterocycles. The van der Waals surface area contributed by atoms with Gasteiger partial charge in [0.2, 0.25) is 0 Å². The van der Waals surface area contributed by atoms with E-state index < -0.39 is 5.60 Å². The zero-order valence-corrected chi connectivity index (χ0v) is 14.7. The number of rotatable bonds is 2. The fourth-order valence-corrected chi connectivity index (χ4v) is 3.44. The van der Waals surface area contributed by atoms with Crippen LogP contribution in [0.15, 0.2) is 66.7 Å². The first-order valence-corrected chi connectivity index (χ1v) is 8.39. The Morgan fingerprint density at radius 1 is 0.840 bits per heavy atom. The first-order valence-electron chi connectivity index (χ1n) is 8.39. The maximum Gasteiger partial charge on any atom is 0.147 e. The smallest absolute Gasteiger partial charge is 0.147 e. The molecule has 4 rings (SSSR count). The van der Waals surface area contributed by atoms with Gasteiger partial charge in [-0.2, -0.15) is 0 Å². The highest BCUT2D eigenvalue weighted by atomic mass is 16.5. The van der Waals surface area contributed by atoms with Crippen LogP contribution in [0.5, 0.6) is 11.5 Å². The van der Waals surface area contributed by atoms with E-state index in [1.54, 1.807) is 0 Å². The summed E-state index contributed by atoms with van der Waals surface area (Å²) in [6.45, 7) is 2.02. The summed E-state index contributed by atoms with van der Waals surface area (Å²) in [4.78, 5) is 2.02. The molecule has 1 unspecified atom stereocenters. The Balaban J connectivity index is 2.01. The second-order valence-electron chi connectivity index (χ2n) is 6.75. The fraction of sp³-hybridized carbons (Fsp3) is 0.182. The van der Waals surface area contributed by atoms with E-state index in [4.69, 9.17) is 4.74 Å². The number of fused-ring (bicyclic) bond motifs is 2. The number of ether oxygens (including phenoxy) is 1. The molecule has 25 heavy (non-hydrogen) atoms. The van der Waals surface area contributed by atoms with Crippen molar-refractivity contribution >= 4 is 5.69 Å². The highest BCUT2D eigenvalue weighted by Gasteiger charge is 2.42. The normalized spacial score (nSPS) is 18.1. The molecule has 3 heteroatoms. The summed E-state index contributed by atoms with van der Waals surface area (Å²) < 4.78 is 6.18. The quantitative estimate of drug-likeness (QED) is 0.753. The molecule has 1 N–H and O–H groups in total. The third kappa shape index (κ3) is 2.39. The standard InChI is InChI=1S/C22H21NO2/c1-15-9-11-18-20(13-15)25-21-14-17(23(2)3)10-12-19(21)22(18,24)16-7-5-4-6-8-16/h4-14,24H,1-3H3. The number of hydrogen-bond acceptors (Lipinski definition) is 3. The van der Waals surface area contributed by atoms with E-state index in [2.05, 4.69) is 0 Å². The lowest BCUT2D eigenvalue weighted by Crippen LogP contribution is -2.32. The van der Waals surface area contributed by atoms with E-state index in [9.17, 15) is 5.11 Å². The van der Waals surface area contributed by atoms with Gasteiger partial charge in [0.1, 0.15) is 17.1 Å². The zero-order chi connectivity index (χ0) is 17.6. The molecule has 1 heterocycles. The molecule has 1 aliphatic rings. The fourth-order valence-electron chi connectivity index (χ4n) is 3.44. The van der Waals surface area contributed by atoms with Gasteiger partial charge in [-0.15, -0.1) is 0 Å². The Morgan fingerprint density at radius 2 is 1.48 bits per heavy atom. The summed E-state index contributed by atoms with van der Waals surface area (Å²) in [6.07, 6.45) is 0. The summed E-state index contributed by atoms with van der Waals surface area (Å²) in [5, 5.41) is 11.9. The van der Waals surface area contributed by atoms with Gasteiger partial charge in [-0.1, -0.05) is 42.5 Å². The number of aliphatic hydroxyl groups is 1. The molecule has 0 fully saturated rings. The highest BCUT2D eigenvalue weighted by molar-refractivity contribution is 5.65. The lowest BCUT2D eigenvalue weighted by Gasteiger charge is -2.37. The van der Waals surface area contributed by atoms with Gasteiger partial charge in [0, 0.05) is 37.0 Å². The monoisotopic (exact) mass is 331 g/mol. The minimum atomic E-state index is -1.23. The maximum absolute atomic E-state index is 11.9. The van der Waals surface area contributed by atoms with Gasteiger partial charge in [0.25, 0.3) is 0 Å². The first kappa shape index (κ1) is 15.7. The third-order valence-corrected chi connectivity index (χ3v) is 4.81. The van der Waals surface area contributed by atoms with Gasteiger partial charge in [-0.05, 0) is 36.2 Å². The molecule has 0 saturated carbocycles. The van der Waals surface area contributed by atoms with E-state index in [-0.39, 0.29) is 0 Å². The summed E-state index contributed by atoms with van der Waals surface area (Å²) in [5.74, 6) is 1.39. The number of anilines is 1. The van der Waals surface area contributed by atoms with Crippen molar-refractivity contribution in [2.45, 2.75) is 12.5 Å². The van der Waals surface area contributed by atoms with Crippen molar-refractivity contribution in [3.05, 3.63) is 89.0 Å². The lowest BCUT2D eigenvalue weighted by molar-refractivity contribution is 0.112. The molecule has 126 valence electrons. The van der Waals surface area contributed by atoms with Crippen molar-refractivity contribution in [3.63, 3.8) is 0 Å². The van der Waals surface area contributed by atoms with Crippen LogP contribution >= 0.6 is 0 Å². The summed E-state index contributed by atoms with van der Waals surface area (Å²) in [6, 6.07) is 21.7. The number of benzene rings is 3. The van der Waals surface area contributed by atoms with Crippen LogP contribution in [0.25, 0.3) is 0 Å². The molecule has 3 aromatic carbocycles. The van der Waals surface area contributed by atoms with E-state index in [0.717, 1.165) is 27.9 Å².